The van der Waals surface area contributed by atoms with E-state index in [2.05, 4.69) is 0 Å². The Morgan fingerprint density at radius 2 is 1.65 bits per heavy atom. The lowest BCUT2D eigenvalue weighted by atomic mass is 9.95. The van der Waals surface area contributed by atoms with Gasteiger partial charge in [0.05, 0.1) is 11.7 Å². The van der Waals surface area contributed by atoms with Crippen molar-refractivity contribution in [3.63, 3.8) is 0 Å². The van der Waals surface area contributed by atoms with Crippen LogP contribution in [0.25, 0.3) is 6.08 Å². The van der Waals surface area contributed by atoms with Gasteiger partial charge in [0.15, 0.2) is 0 Å². The monoisotopic (exact) mass is 372 g/mol. The lowest BCUT2D eigenvalue weighted by Gasteiger charge is -2.28. The van der Waals surface area contributed by atoms with Crippen LogP contribution in [0.2, 0.25) is 0 Å². The summed E-state index contributed by atoms with van der Waals surface area (Å²) < 4.78 is 46.6. The van der Waals surface area contributed by atoms with Crippen molar-refractivity contribution >= 4 is 18.0 Å². The van der Waals surface area contributed by atoms with Crippen LogP contribution in [-0.2, 0) is 14.3 Å². The van der Waals surface area contributed by atoms with Crippen molar-refractivity contribution in [1.82, 2.24) is 0 Å². The van der Waals surface area contributed by atoms with Crippen LogP contribution < -0.4 is 0 Å². The molecular formula is C18H19F3O5. The zero-order valence-corrected chi connectivity index (χ0v) is 13.9. The number of hydrogen-bond acceptors (Lipinski definition) is 4. The van der Waals surface area contributed by atoms with Crippen LogP contribution >= 0.6 is 0 Å². The van der Waals surface area contributed by atoms with E-state index in [1.807, 2.05) is 0 Å². The van der Waals surface area contributed by atoms with E-state index < -0.39 is 30.8 Å². The molecule has 26 heavy (non-hydrogen) atoms. The number of hydrogen-bond donors (Lipinski definition) is 1. The molecule has 0 amide bonds. The minimum Gasteiger partial charge on any atom is -0.478 e. The first-order valence-corrected chi connectivity index (χ1v) is 8.13. The number of aliphatic carboxylic acids is 1. The average molecular weight is 372 g/mol. The maximum atomic E-state index is 12.1. The van der Waals surface area contributed by atoms with Gasteiger partial charge in [-0.3, -0.25) is 0 Å². The summed E-state index contributed by atoms with van der Waals surface area (Å²) >= 11 is 0. The first-order valence-electron chi connectivity index (χ1n) is 8.13. The standard InChI is InChI=1S/C18H19F3O5/c19-18(20,21)11-25-14-6-8-15(9-7-14)26-17(24)13-4-1-12(2-5-13)3-10-16(22)23/h1-5,10,14-15H,6-9,11H2,(H,22,23)/b10-3+. The third kappa shape index (κ3) is 6.87. The number of carbonyl (C=O) groups is 2. The first-order chi connectivity index (χ1) is 12.2. The number of halogens is 3. The highest BCUT2D eigenvalue weighted by Gasteiger charge is 2.31. The number of ether oxygens (including phenoxy) is 2. The fourth-order valence-electron chi connectivity index (χ4n) is 2.65. The molecule has 2 rings (SSSR count). The lowest BCUT2D eigenvalue weighted by Crippen LogP contribution is -2.30. The number of carboxylic acids is 1. The van der Waals surface area contributed by atoms with E-state index in [4.69, 9.17) is 14.6 Å². The number of alkyl halides is 3. The Morgan fingerprint density at radius 1 is 1.08 bits per heavy atom. The number of rotatable bonds is 6. The summed E-state index contributed by atoms with van der Waals surface area (Å²) in [5.74, 6) is -1.58. The predicted molar refractivity (Wildman–Crippen MR) is 86.6 cm³/mol. The quantitative estimate of drug-likeness (QED) is 0.607. The molecule has 1 N–H and O–H groups in total. The predicted octanol–water partition coefficient (Wildman–Crippen LogP) is 3.83. The Balaban J connectivity index is 1.79. The molecule has 142 valence electrons. The van der Waals surface area contributed by atoms with Crippen LogP contribution in [0, 0.1) is 0 Å². The molecule has 0 atom stereocenters. The Bertz CT molecular complexity index is 644. The van der Waals surface area contributed by atoms with Crippen molar-refractivity contribution in [3.05, 3.63) is 41.5 Å². The van der Waals surface area contributed by atoms with Crippen LogP contribution in [0.1, 0.15) is 41.6 Å². The molecule has 0 aliphatic heterocycles. The van der Waals surface area contributed by atoms with Gasteiger partial charge in [0.2, 0.25) is 0 Å². The lowest BCUT2D eigenvalue weighted by molar-refractivity contribution is -0.189. The van der Waals surface area contributed by atoms with Crippen LogP contribution in [0.4, 0.5) is 13.2 Å². The van der Waals surface area contributed by atoms with Gasteiger partial charge in [-0.05, 0) is 49.5 Å². The zero-order valence-electron chi connectivity index (χ0n) is 13.9. The van der Waals surface area contributed by atoms with Crippen molar-refractivity contribution in [3.8, 4) is 0 Å². The van der Waals surface area contributed by atoms with Gasteiger partial charge in [0.1, 0.15) is 12.7 Å². The van der Waals surface area contributed by atoms with Gasteiger partial charge in [-0.25, -0.2) is 9.59 Å². The van der Waals surface area contributed by atoms with Crippen molar-refractivity contribution in [2.75, 3.05) is 6.61 Å². The highest BCUT2D eigenvalue weighted by molar-refractivity contribution is 5.90. The summed E-state index contributed by atoms with van der Waals surface area (Å²) in [7, 11) is 0. The van der Waals surface area contributed by atoms with E-state index in [1.165, 1.54) is 18.2 Å². The molecule has 1 saturated carbocycles. The van der Waals surface area contributed by atoms with Gasteiger partial charge in [-0.15, -0.1) is 0 Å². The van der Waals surface area contributed by atoms with Gasteiger partial charge in [0, 0.05) is 6.08 Å². The van der Waals surface area contributed by atoms with Gasteiger partial charge >= 0.3 is 18.1 Å². The molecule has 0 heterocycles. The molecule has 1 aliphatic carbocycles. The fourth-order valence-corrected chi connectivity index (χ4v) is 2.65. The minimum absolute atomic E-state index is 0.327. The Kier molecular flexibility index (Phi) is 6.79. The molecule has 0 radical (unpaired) electrons. The fraction of sp³-hybridized carbons (Fsp3) is 0.444. The molecule has 1 aliphatic rings. The normalized spacial score (nSPS) is 20.9. The molecule has 0 saturated heterocycles. The van der Waals surface area contributed by atoms with E-state index >= 15 is 0 Å². The Hall–Kier alpha value is -2.35. The number of benzene rings is 1. The Morgan fingerprint density at radius 3 is 2.19 bits per heavy atom. The van der Waals surface area contributed by atoms with Gasteiger partial charge in [-0.2, -0.15) is 13.2 Å². The van der Waals surface area contributed by atoms with Crippen LogP contribution in [0.3, 0.4) is 0 Å². The van der Waals surface area contributed by atoms with Crippen LogP contribution in [0.5, 0.6) is 0 Å². The molecule has 0 unspecified atom stereocenters. The van der Waals surface area contributed by atoms with E-state index in [1.54, 1.807) is 12.1 Å². The molecule has 5 nitrogen and oxygen atoms in total. The highest BCUT2D eigenvalue weighted by atomic mass is 19.4. The summed E-state index contributed by atoms with van der Waals surface area (Å²) in [6, 6.07) is 6.25. The molecule has 1 aromatic rings. The van der Waals surface area contributed by atoms with Crippen molar-refractivity contribution in [2.24, 2.45) is 0 Å². The molecule has 0 aromatic heterocycles. The zero-order chi connectivity index (χ0) is 19.2. The van der Waals surface area contributed by atoms with Crippen molar-refractivity contribution in [2.45, 2.75) is 44.1 Å². The van der Waals surface area contributed by atoms with Crippen molar-refractivity contribution < 1.29 is 37.3 Å². The molecule has 8 heteroatoms. The van der Waals surface area contributed by atoms with E-state index in [0.717, 1.165) is 6.08 Å². The summed E-state index contributed by atoms with van der Waals surface area (Å²) in [6.45, 7) is -1.26. The number of carboxylic acid groups (broad SMARTS) is 1. The van der Waals surface area contributed by atoms with E-state index in [-0.39, 0.29) is 6.10 Å². The maximum Gasteiger partial charge on any atom is 0.411 e. The number of carbonyl (C=O) groups excluding carboxylic acids is 1. The van der Waals surface area contributed by atoms with E-state index in [0.29, 0.717) is 36.8 Å². The molecule has 0 spiro atoms. The highest BCUT2D eigenvalue weighted by Crippen LogP contribution is 2.26. The first kappa shape index (κ1) is 20.0. The van der Waals surface area contributed by atoms with Crippen LogP contribution in [0.15, 0.2) is 30.3 Å². The summed E-state index contributed by atoms with van der Waals surface area (Å²) in [6.07, 6.45) is -1.03. The summed E-state index contributed by atoms with van der Waals surface area (Å²) in [4.78, 5) is 22.6. The summed E-state index contributed by atoms with van der Waals surface area (Å²) in [5, 5.41) is 8.57. The summed E-state index contributed by atoms with van der Waals surface area (Å²) in [5.41, 5.74) is 0.958. The Labute approximate surface area is 148 Å². The van der Waals surface area contributed by atoms with Crippen LogP contribution in [-0.4, -0.2) is 42.0 Å². The minimum atomic E-state index is -4.34. The average Bonchev–Trinajstić information content (AvgIpc) is 2.59. The SMILES string of the molecule is O=C(O)/C=C/c1ccc(C(=O)OC2CCC(OCC(F)(F)F)CC2)cc1. The molecule has 1 aromatic carbocycles. The van der Waals surface area contributed by atoms with Crippen molar-refractivity contribution in [1.29, 1.82) is 0 Å². The third-order valence-corrected chi connectivity index (χ3v) is 3.94. The smallest absolute Gasteiger partial charge is 0.411 e. The second kappa shape index (κ2) is 8.84. The molecule has 1 fully saturated rings. The van der Waals surface area contributed by atoms with Gasteiger partial charge in [-0.1, -0.05) is 12.1 Å². The topological polar surface area (TPSA) is 72.8 Å². The second-order valence-electron chi connectivity index (χ2n) is 6.02. The third-order valence-electron chi connectivity index (χ3n) is 3.94. The van der Waals surface area contributed by atoms with E-state index in [9.17, 15) is 22.8 Å². The molecular weight excluding hydrogens is 353 g/mol. The molecule has 0 bridgehead atoms. The number of esters is 1. The maximum absolute atomic E-state index is 12.1. The largest absolute Gasteiger partial charge is 0.478 e. The van der Waals surface area contributed by atoms with Gasteiger partial charge in [0.25, 0.3) is 0 Å². The van der Waals surface area contributed by atoms with Gasteiger partial charge < -0.3 is 14.6 Å². The second-order valence-corrected chi connectivity index (χ2v) is 6.02.